The molecule has 0 radical (unpaired) electrons. The maximum atomic E-state index is 12.3. The van der Waals surface area contributed by atoms with Gasteiger partial charge in [-0.2, -0.15) is 0 Å². The average Bonchev–Trinajstić information content (AvgIpc) is 2.69. The van der Waals surface area contributed by atoms with Crippen LogP contribution in [0.25, 0.3) is 0 Å². The van der Waals surface area contributed by atoms with Gasteiger partial charge in [-0.15, -0.1) is 10.2 Å². The zero-order chi connectivity index (χ0) is 19.2. The van der Waals surface area contributed by atoms with Crippen molar-refractivity contribution in [2.45, 2.75) is 6.92 Å². The Morgan fingerprint density at radius 1 is 0.889 bits per heavy atom. The van der Waals surface area contributed by atoms with E-state index in [0.717, 1.165) is 11.3 Å². The third-order valence-corrected chi connectivity index (χ3v) is 3.87. The van der Waals surface area contributed by atoms with Crippen LogP contribution in [0.3, 0.4) is 0 Å². The van der Waals surface area contributed by atoms with Gasteiger partial charge in [0.15, 0.2) is 11.6 Å². The summed E-state index contributed by atoms with van der Waals surface area (Å²) in [6.45, 7) is 1.87. The van der Waals surface area contributed by atoms with Gasteiger partial charge in [-0.3, -0.25) is 4.79 Å². The number of esters is 1. The maximum absolute atomic E-state index is 12.3. The predicted molar refractivity (Wildman–Crippen MR) is 102 cm³/mol. The number of nitrogens with zero attached hydrogens (tertiary/aromatic N) is 2. The molecule has 0 aliphatic heterocycles. The molecule has 7 nitrogen and oxygen atoms in total. The summed E-state index contributed by atoms with van der Waals surface area (Å²) in [6.07, 6.45) is 0. The van der Waals surface area contributed by atoms with E-state index < -0.39 is 5.97 Å². The third kappa shape index (κ3) is 4.46. The molecule has 2 N–H and O–H groups in total. The molecule has 0 aliphatic carbocycles. The lowest BCUT2D eigenvalue weighted by molar-refractivity contribution is 0.0600. The van der Waals surface area contributed by atoms with E-state index in [-0.39, 0.29) is 5.91 Å². The molecule has 0 spiro atoms. The molecule has 0 atom stereocenters. The number of benzene rings is 2. The molecule has 3 aromatic rings. The number of amides is 1. The van der Waals surface area contributed by atoms with Gasteiger partial charge in [0.2, 0.25) is 0 Å². The first kappa shape index (κ1) is 18.1. The smallest absolute Gasteiger partial charge is 0.337 e. The van der Waals surface area contributed by atoms with Gasteiger partial charge in [0.05, 0.1) is 12.7 Å². The van der Waals surface area contributed by atoms with E-state index in [1.807, 2.05) is 25.1 Å². The van der Waals surface area contributed by atoms with E-state index in [9.17, 15) is 9.59 Å². The zero-order valence-electron chi connectivity index (χ0n) is 14.9. The fourth-order valence-corrected chi connectivity index (χ4v) is 2.43. The molecule has 0 fully saturated rings. The number of methoxy groups -OCH3 is 1. The number of carbonyl (C=O) groups excluding carboxylic acids is 2. The first-order valence-electron chi connectivity index (χ1n) is 8.23. The van der Waals surface area contributed by atoms with Gasteiger partial charge in [-0.1, -0.05) is 18.2 Å². The van der Waals surface area contributed by atoms with Crippen molar-refractivity contribution >= 4 is 29.2 Å². The number of ether oxygens (including phenoxy) is 1. The second-order valence-electron chi connectivity index (χ2n) is 5.77. The molecule has 0 bridgehead atoms. The van der Waals surface area contributed by atoms with Gasteiger partial charge in [0, 0.05) is 11.3 Å². The second-order valence-corrected chi connectivity index (χ2v) is 5.77. The van der Waals surface area contributed by atoms with Crippen LogP contribution >= 0.6 is 0 Å². The Balaban J connectivity index is 1.64. The molecule has 0 aliphatic rings. The first-order valence-corrected chi connectivity index (χ1v) is 8.23. The van der Waals surface area contributed by atoms with E-state index in [1.165, 1.54) is 7.11 Å². The van der Waals surface area contributed by atoms with Crippen LogP contribution in [0.5, 0.6) is 0 Å². The highest BCUT2D eigenvalue weighted by Gasteiger charge is 2.10. The van der Waals surface area contributed by atoms with Crippen molar-refractivity contribution in [3.63, 3.8) is 0 Å². The monoisotopic (exact) mass is 362 g/mol. The van der Waals surface area contributed by atoms with E-state index in [2.05, 4.69) is 25.6 Å². The average molecular weight is 362 g/mol. The molecule has 0 unspecified atom stereocenters. The van der Waals surface area contributed by atoms with Gasteiger partial charge in [-0.05, 0) is 55.0 Å². The molecule has 1 heterocycles. The Morgan fingerprint density at radius 2 is 1.56 bits per heavy atom. The second kappa shape index (κ2) is 8.09. The number of hydrogen-bond acceptors (Lipinski definition) is 6. The van der Waals surface area contributed by atoms with Crippen LogP contribution in [0.2, 0.25) is 0 Å². The highest BCUT2D eigenvalue weighted by molar-refractivity contribution is 6.04. The van der Waals surface area contributed by atoms with Crippen molar-refractivity contribution in [1.82, 2.24) is 10.2 Å². The lowest BCUT2D eigenvalue weighted by Gasteiger charge is -2.08. The lowest BCUT2D eigenvalue weighted by atomic mass is 10.1. The van der Waals surface area contributed by atoms with Crippen molar-refractivity contribution < 1.29 is 14.3 Å². The molecule has 3 rings (SSSR count). The molecule has 27 heavy (non-hydrogen) atoms. The normalized spacial score (nSPS) is 10.1. The van der Waals surface area contributed by atoms with Gasteiger partial charge in [0.25, 0.3) is 5.91 Å². The first-order chi connectivity index (χ1) is 13.1. The van der Waals surface area contributed by atoms with Crippen molar-refractivity contribution in [3.05, 3.63) is 77.4 Å². The number of hydrogen-bond donors (Lipinski definition) is 2. The summed E-state index contributed by atoms with van der Waals surface area (Å²) in [5, 5.41) is 13.9. The topological polar surface area (TPSA) is 93.2 Å². The fourth-order valence-electron chi connectivity index (χ4n) is 2.43. The fraction of sp³-hybridized carbons (Fsp3) is 0.100. The quantitative estimate of drug-likeness (QED) is 0.674. The Kier molecular flexibility index (Phi) is 5.41. The highest BCUT2D eigenvalue weighted by Crippen LogP contribution is 2.17. The van der Waals surface area contributed by atoms with Gasteiger partial charge in [0.1, 0.15) is 0 Å². The zero-order valence-corrected chi connectivity index (χ0v) is 14.9. The summed E-state index contributed by atoms with van der Waals surface area (Å²) in [6, 6.07) is 17.5. The molecule has 136 valence electrons. The lowest BCUT2D eigenvalue weighted by Crippen LogP contribution is -2.14. The largest absolute Gasteiger partial charge is 0.465 e. The molecule has 0 saturated carbocycles. The van der Waals surface area contributed by atoms with Crippen LogP contribution in [-0.4, -0.2) is 29.2 Å². The number of aromatic nitrogens is 2. The SMILES string of the molecule is COC(=O)c1ccc(Nc2ccc(NC(=O)c3ccccc3C)nn2)cc1. The maximum Gasteiger partial charge on any atom is 0.337 e. The molecule has 1 amide bonds. The molecule has 0 saturated heterocycles. The van der Waals surface area contributed by atoms with Gasteiger partial charge >= 0.3 is 5.97 Å². The van der Waals surface area contributed by atoms with Crippen LogP contribution in [0.15, 0.2) is 60.7 Å². The number of anilines is 3. The van der Waals surface area contributed by atoms with E-state index >= 15 is 0 Å². The molecule has 1 aromatic heterocycles. The van der Waals surface area contributed by atoms with Crippen LogP contribution < -0.4 is 10.6 Å². The minimum Gasteiger partial charge on any atom is -0.465 e. The minimum absolute atomic E-state index is 0.235. The molecule has 7 heteroatoms. The van der Waals surface area contributed by atoms with Gasteiger partial charge in [-0.25, -0.2) is 4.79 Å². The van der Waals surface area contributed by atoms with Crippen LogP contribution in [0.4, 0.5) is 17.3 Å². The van der Waals surface area contributed by atoms with E-state index in [4.69, 9.17) is 0 Å². The van der Waals surface area contributed by atoms with Crippen LogP contribution in [0, 0.1) is 6.92 Å². The summed E-state index contributed by atoms with van der Waals surface area (Å²) in [5.41, 5.74) is 2.68. The Morgan fingerprint density at radius 3 is 2.19 bits per heavy atom. The summed E-state index contributed by atoms with van der Waals surface area (Å²) in [4.78, 5) is 23.7. The van der Waals surface area contributed by atoms with Crippen LogP contribution in [-0.2, 0) is 4.74 Å². The number of nitrogens with one attached hydrogen (secondary N) is 2. The number of aryl methyl sites for hydroxylation is 1. The molecular weight excluding hydrogens is 344 g/mol. The number of rotatable bonds is 5. The van der Waals surface area contributed by atoms with Crippen molar-refractivity contribution in [1.29, 1.82) is 0 Å². The highest BCUT2D eigenvalue weighted by atomic mass is 16.5. The van der Waals surface area contributed by atoms with E-state index in [1.54, 1.807) is 42.5 Å². The summed E-state index contributed by atoms with van der Waals surface area (Å²) < 4.78 is 4.66. The van der Waals surface area contributed by atoms with Crippen molar-refractivity contribution in [2.24, 2.45) is 0 Å². The van der Waals surface area contributed by atoms with E-state index in [0.29, 0.717) is 22.8 Å². The Hall–Kier alpha value is -3.74. The van der Waals surface area contributed by atoms with Crippen molar-refractivity contribution in [3.8, 4) is 0 Å². The standard InChI is InChI=1S/C20H18N4O3/c1-13-5-3-4-6-16(13)19(25)22-18-12-11-17(23-24-18)21-15-9-7-14(8-10-15)20(26)27-2/h3-12H,1-2H3,(H,21,23)(H,22,24,25). The summed E-state index contributed by atoms with van der Waals surface area (Å²) in [5.74, 6) is 0.237. The molecular formula is C20H18N4O3. The Labute approximate surface area is 156 Å². The Bertz CT molecular complexity index is 954. The molecule has 2 aromatic carbocycles. The van der Waals surface area contributed by atoms with Crippen molar-refractivity contribution in [2.75, 3.05) is 17.7 Å². The minimum atomic E-state index is -0.393. The summed E-state index contributed by atoms with van der Waals surface area (Å²) >= 11 is 0. The third-order valence-electron chi connectivity index (χ3n) is 3.87. The predicted octanol–water partition coefficient (Wildman–Crippen LogP) is 3.57. The summed E-state index contributed by atoms with van der Waals surface area (Å²) in [7, 11) is 1.34. The van der Waals surface area contributed by atoms with Crippen LogP contribution in [0.1, 0.15) is 26.3 Å². The number of carbonyl (C=O) groups is 2. The van der Waals surface area contributed by atoms with Gasteiger partial charge < -0.3 is 15.4 Å².